The first-order valence-electron chi connectivity index (χ1n) is 7.83. The van der Waals surface area contributed by atoms with E-state index in [2.05, 4.69) is 43.4 Å². The molecule has 0 amide bonds. The van der Waals surface area contributed by atoms with Crippen LogP contribution in [0.2, 0.25) is 0 Å². The molecular weight excluding hydrogens is 274 g/mol. The van der Waals surface area contributed by atoms with Gasteiger partial charge in [0, 0.05) is 6.54 Å². The van der Waals surface area contributed by atoms with Gasteiger partial charge in [-0.05, 0) is 36.1 Å². The Morgan fingerprint density at radius 2 is 1.86 bits per heavy atom. The molecular formula is C19H23NO2. The maximum absolute atomic E-state index is 6.04. The standard InChI is InChI=1S/C19H23NO2/c1-14-10-17(18-13-21-9-8-20-18)11-15(2)19(14)22-12-16-6-4-3-5-7-16/h3-7,10-11,18,20H,8-9,12-13H2,1-2H3/t18-/m0/s1. The summed E-state index contributed by atoms with van der Waals surface area (Å²) in [5.74, 6) is 0.990. The van der Waals surface area contributed by atoms with Crippen molar-refractivity contribution in [1.29, 1.82) is 0 Å². The molecule has 1 aliphatic rings. The molecule has 0 aromatic heterocycles. The van der Waals surface area contributed by atoms with E-state index >= 15 is 0 Å². The lowest BCUT2D eigenvalue weighted by Gasteiger charge is -2.25. The molecule has 0 saturated carbocycles. The maximum Gasteiger partial charge on any atom is 0.125 e. The van der Waals surface area contributed by atoms with Crippen LogP contribution in [0.25, 0.3) is 0 Å². The van der Waals surface area contributed by atoms with Crippen LogP contribution in [-0.4, -0.2) is 19.8 Å². The number of aryl methyl sites for hydroxylation is 2. The first kappa shape index (κ1) is 15.1. The Labute approximate surface area is 132 Å². The third-order valence-electron chi connectivity index (χ3n) is 4.03. The van der Waals surface area contributed by atoms with Crippen molar-refractivity contribution in [2.24, 2.45) is 0 Å². The Morgan fingerprint density at radius 3 is 2.50 bits per heavy atom. The Morgan fingerprint density at radius 1 is 1.14 bits per heavy atom. The van der Waals surface area contributed by atoms with Crippen LogP contribution >= 0.6 is 0 Å². The number of ether oxygens (including phenoxy) is 2. The molecule has 1 aliphatic heterocycles. The molecule has 3 rings (SSSR count). The lowest BCUT2D eigenvalue weighted by molar-refractivity contribution is 0.0768. The summed E-state index contributed by atoms with van der Waals surface area (Å²) in [5, 5.41) is 3.50. The maximum atomic E-state index is 6.04. The third-order valence-corrected chi connectivity index (χ3v) is 4.03. The van der Waals surface area contributed by atoms with Crippen LogP contribution in [0.3, 0.4) is 0 Å². The quantitative estimate of drug-likeness (QED) is 0.936. The number of nitrogens with one attached hydrogen (secondary N) is 1. The highest BCUT2D eigenvalue weighted by Crippen LogP contribution is 2.29. The van der Waals surface area contributed by atoms with Gasteiger partial charge in [-0.3, -0.25) is 0 Å². The van der Waals surface area contributed by atoms with E-state index < -0.39 is 0 Å². The van der Waals surface area contributed by atoms with Gasteiger partial charge in [0.05, 0.1) is 19.3 Å². The van der Waals surface area contributed by atoms with Crippen LogP contribution in [0, 0.1) is 13.8 Å². The van der Waals surface area contributed by atoms with Crippen molar-refractivity contribution in [3.05, 3.63) is 64.7 Å². The molecule has 0 radical (unpaired) electrons. The van der Waals surface area contributed by atoms with Crippen LogP contribution in [0.1, 0.15) is 28.3 Å². The molecule has 1 N–H and O–H groups in total. The molecule has 2 aromatic carbocycles. The topological polar surface area (TPSA) is 30.5 Å². The third kappa shape index (κ3) is 3.49. The second-order valence-corrected chi connectivity index (χ2v) is 5.84. The van der Waals surface area contributed by atoms with E-state index in [1.165, 1.54) is 22.3 Å². The molecule has 116 valence electrons. The molecule has 1 heterocycles. The fourth-order valence-electron chi connectivity index (χ4n) is 2.92. The molecule has 2 aromatic rings. The van der Waals surface area contributed by atoms with Crippen molar-refractivity contribution in [1.82, 2.24) is 5.32 Å². The monoisotopic (exact) mass is 297 g/mol. The van der Waals surface area contributed by atoms with Gasteiger partial charge in [0.25, 0.3) is 0 Å². The van der Waals surface area contributed by atoms with Gasteiger partial charge in [-0.15, -0.1) is 0 Å². The molecule has 1 fully saturated rings. The molecule has 0 unspecified atom stereocenters. The van der Waals surface area contributed by atoms with Gasteiger partial charge in [0.15, 0.2) is 0 Å². The summed E-state index contributed by atoms with van der Waals surface area (Å²) in [6.45, 7) is 7.28. The normalized spacial score (nSPS) is 18.2. The first-order valence-corrected chi connectivity index (χ1v) is 7.83. The minimum absolute atomic E-state index is 0.286. The van der Waals surface area contributed by atoms with E-state index in [-0.39, 0.29) is 6.04 Å². The lowest BCUT2D eigenvalue weighted by atomic mass is 10.00. The summed E-state index contributed by atoms with van der Waals surface area (Å²) in [5.41, 5.74) is 4.83. The van der Waals surface area contributed by atoms with E-state index in [9.17, 15) is 0 Å². The summed E-state index contributed by atoms with van der Waals surface area (Å²) in [6.07, 6.45) is 0. The smallest absolute Gasteiger partial charge is 0.125 e. The van der Waals surface area contributed by atoms with Crippen molar-refractivity contribution in [2.45, 2.75) is 26.5 Å². The zero-order valence-electron chi connectivity index (χ0n) is 13.3. The molecule has 0 aliphatic carbocycles. The Balaban J connectivity index is 1.74. The predicted molar refractivity (Wildman–Crippen MR) is 88.3 cm³/mol. The first-order chi connectivity index (χ1) is 10.7. The molecule has 0 spiro atoms. The number of morpholine rings is 1. The summed E-state index contributed by atoms with van der Waals surface area (Å²) >= 11 is 0. The van der Waals surface area contributed by atoms with E-state index in [0.717, 1.165) is 25.5 Å². The number of rotatable bonds is 4. The summed E-state index contributed by atoms with van der Waals surface area (Å²) in [7, 11) is 0. The van der Waals surface area contributed by atoms with Crippen molar-refractivity contribution in [3.8, 4) is 5.75 Å². The van der Waals surface area contributed by atoms with Gasteiger partial charge < -0.3 is 14.8 Å². The van der Waals surface area contributed by atoms with Crippen molar-refractivity contribution >= 4 is 0 Å². The van der Waals surface area contributed by atoms with Crippen LogP contribution in [-0.2, 0) is 11.3 Å². The Bertz CT molecular complexity index is 596. The number of benzene rings is 2. The highest BCUT2D eigenvalue weighted by molar-refractivity contribution is 5.44. The second kappa shape index (κ2) is 6.95. The summed E-state index contributed by atoms with van der Waals surface area (Å²) in [6, 6.07) is 15.0. The van der Waals surface area contributed by atoms with Gasteiger partial charge in [-0.1, -0.05) is 42.5 Å². The lowest BCUT2D eigenvalue weighted by Crippen LogP contribution is -2.34. The predicted octanol–water partition coefficient (Wildman–Crippen LogP) is 3.54. The SMILES string of the molecule is Cc1cc([C@@H]2COCCN2)cc(C)c1OCc1ccccc1. The molecule has 0 bridgehead atoms. The van der Waals surface area contributed by atoms with Crippen LogP contribution in [0.15, 0.2) is 42.5 Å². The average molecular weight is 297 g/mol. The highest BCUT2D eigenvalue weighted by atomic mass is 16.5. The van der Waals surface area contributed by atoms with Gasteiger partial charge >= 0.3 is 0 Å². The Hall–Kier alpha value is -1.84. The van der Waals surface area contributed by atoms with E-state index in [4.69, 9.17) is 9.47 Å². The molecule has 1 atom stereocenters. The van der Waals surface area contributed by atoms with E-state index in [1.807, 2.05) is 18.2 Å². The van der Waals surface area contributed by atoms with Crippen LogP contribution < -0.4 is 10.1 Å². The van der Waals surface area contributed by atoms with Crippen LogP contribution in [0.4, 0.5) is 0 Å². The van der Waals surface area contributed by atoms with Crippen molar-refractivity contribution in [2.75, 3.05) is 19.8 Å². The number of hydrogen-bond donors (Lipinski definition) is 1. The minimum Gasteiger partial charge on any atom is -0.488 e. The zero-order valence-corrected chi connectivity index (χ0v) is 13.3. The van der Waals surface area contributed by atoms with E-state index in [0.29, 0.717) is 6.61 Å². The summed E-state index contributed by atoms with van der Waals surface area (Å²) in [4.78, 5) is 0. The van der Waals surface area contributed by atoms with Crippen molar-refractivity contribution < 1.29 is 9.47 Å². The summed E-state index contributed by atoms with van der Waals surface area (Å²) < 4.78 is 11.6. The highest BCUT2D eigenvalue weighted by Gasteiger charge is 2.17. The molecule has 22 heavy (non-hydrogen) atoms. The minimum atomic E-state index is 0.286. The average Bonchev–Trinajstić information content (AvgIpc) is 2.56. The molecule has 3 nitrogen and oxygen atoms in total. The molecule has 1 saturated heterocycles. The fourth-order valence-corrected chi connectivity index (χ4v) is 2.92. The molecule has 3 heteroatoms. The Kier molecular flexibility index (Phi) is 4.76. The second-order valence-electron chi connectivity index (χ2n) is 5.84. The largest absolute Gasteiger partial charge is 0.488 e. The van der Waals surface area contributed by atoms with Crippen LogP contribution in [0.5, 0.6) is 5.75 Å². The fraction of sp³-hybridized carbons (Fsp3) is 0.368. The van der Waals surface area contributed by atoms with Crippen molar-refractivity contribution in [3.63, 3.8) is 0 Å². The van der Waals surface area contributed by atoms with Gasteiger partial charge in [0.1, 0.15) is 12.4 Å². The van der Waals surface area contributed by atoms with E-state index in [1.54, 1.807) is 0 Å². The zero-order chi connectivity index (χ0) is 15.4. The number of hydrogen-bond acceptors (Lipinski definition) is 3. The van der Waals surface area contributed by atoms with Gasteiger partial charge in [0.2, 0.25) is 0 Å². The van der Waals surface area contributed by atoms with Gasteiger partial charge in [-0.25, -0.2) is 0 Å². The van der Waals surface area contributed by atoms with Gasteiger partial charge in [-0.2, -0.15) is 0 Å².